The van der Waals surface area contributed by atoms with Crippen molar-refractivity contribution in [3.05, 3.63) is 0 Å². The van der Waals surface area contributed by atoms with Gasteiger partial charge in [0.15, 0.2) is 0 Å². The van der Waals surface area contributed by atoms with Crippen molar-refractivity contribution < 1.29 is 13.2 Å². The fraction of sp³-hybridized carbons (Fsp3) is 1.00. The van der Waals surface area contributed by atoms with Gasteiger partial charge in [-0.15, -0.1) is 0 Å². The molecule has 0 radical (unpaired) electrons. The van der Waals surface area contributed by atoms with Crippen LogP contribution in [0.3, 0.4) is 0 Å². The van der Waals surface area contributed by atoms with Crippen LogP contribution in [-0.4, -0.2) is 12.2 Å². The van der Waals surface area contributed by atoms with Gasteiger partial charge in [0.05, 0.1) is 6.42 Å². The molecule has 0 aromatic heterocycles. The lowest BCUT2D eigenvalue weighted by molar-refractivity contribution is -0.141. The summed E-state index contributed by atoms with van der Waals surface area (Å²) in [5, 5.41) is 0. The van der Waals surface area contributed by atoms with E-state index in [1.54, 1.807) is 0 Å². The van der Waals surface area contributed by atoms with Crippen molar-refractivity contribution in [2.75, 3.05) is 0 Å². The summed E-state index contributed by atoms with van der Waals surface area (Å²) >= 11 is 0. The maximum atomic E-state index is 12.1. The van der Waals surface area contributed by atoms with E-state index in [2.05, 4.69) is 5.43 Å². The van der Waals surface area contributed by atoms with E-state index in [0.29, 0.717) is 12.3 Å². The van der Waals surface area contributed by atoms with Gasteiger partial charge in [0.1, 0.15) is 0 Å². The maximum absolute atomic E-state index is 12.1. The molecule has 3 N–H and O–H groups in total. The summed E-state index contributed by atoms with van der Waals surface area (Å²) in [5.41, 5.74) is 2.24. The van der Waals surface area contributed by atoms with Crippen LogP contribution in [0.5, 0.6) is 0 Å². The first-order chi connectivity index (χ1) is 6.42. The van der Waals surface area contributed by atoms with Crippen LogP contribution in [0.15, 0.2) is 0 Å². The van der Waals surface area contributed by atoms with Gasteiger partial charge in [0.25, 0.3) is 0 Å². The first kappa shape index (κ1) is 13.7. The Bertz CT molecular complexity index is 143. The third kappa shape index (κ3) is 6.21. The Morgan fingerprint density at radius 2 is 1.71 bits per heavy atom. The van der Waals surface area contributed by atoms with Crippen molar-refractivity contribution >= 4 is 0 Å². The van der Waals surface area contributed by atoms with Gasteiger partial charge in [-0.25, -0.2) is 0 Å². The highest BCUT2D eigenvalue weighted by Gasteiger charge is 2.32. The molecular formula is C9H19F3N2. The lowest BCUT2D eigenvalue weighted by Crippen LogP contribution is -2.39. The van der Waals surface area contributed by atoms with Crippen molar-refractivity contribution in [1.29, 1.82) is 0 Å². The van der Waals surface area contributed by atoms with Gasteiger partial charge in [0.2, 0.25) is 0 Å². The Balaban J connectivity index is 4.01. The standard InChI is InChI=1S/C9H19F3N2/c1-3-7(4-2)5-8(14-13)6-9(10,11)12/h7-8,14H,3-6,13H2,1-2H3. The number of hydrogen-bond acceptors (Lipinski definition) is 2. The predicted octanol–water partition coefficient (Wildman–Crippen LogP) is 2.60. The molecule has 0 heterocycles. The molecule has 0 amide bonds. The average molecular weight is 212 g/mol. The number of nitrogens with two attached hydrogens (primary N) is 1. The van der Waals surface area contributed by atoms with Crippen LogP contribution < -0.4 is 11.3 Å². The number of hydrogen-bond donors (Lipinski definition) is 2. The molecule has 0 aliphatic rings. The second-order valence-electron chi connectivity index (χ2n) is 3.60. The highest BCUT2D eigenvalue weighted by atomic mass is 19.4. The summed E-state index contributed by atoms with van der Waals surface area (Å²) in [4.78, 5) is 0. The zero-order chi connectivity index (χ0) is 11.2. The molecule has 14 heavy (non-hydrogen) atoms. The smallest absolute Gasteiger partial charge is 0.271 e. The molecule has 5 heteroatoms. The molecule has 0 fully saturated rings. The fourth-order valence-electron chi connectivity index (χ4n) is 1.51. The predicted molar refractivity (Wildman–Crippen MR) is 50.5 cm³/mol. The second kappa shape index (κ2) is 6.24. The molecule has 1 atom stereocenters. The van der Waals surface area contributed by atoms with E-state index in [0.717, 1.165) is 12.8 Å². The molecule has 0 aliphatic carbocycles. The van der Waals surface area contributed by atoms with E-state index in [9.17, 15) is 13.2 Å². The number of nitrogens with one attached hydrogen (secondary N) is 1. The van der Waals surface area contributed by atoms with Gasteiger partial charge in [0, 0.05) is 6.04 Å². The quantitative estimate of drug-likeness (QED) is 0.524. The van der Waals surface area contributed by atoms with Crippen LogP contribution in [0.25, 0.3) is 0 Å². The topological polar surface area (TPSA) is 38.0 Å². The highest BCUT2D eigenvalue weighted by Crippen LogP contribution is 2.25. The van der Waals surface area contributed by atoms with E-state index in [1.165, 1.54) is 0 Å². The van der Waals surface area contributed by atoms with Crippen LogP contribution in [0.2, 0.25) is 0 Å². The van der Waals surface area contributed by atoms with Crippen molar-refractivity contribution in [2.24, 2.45) is 11.8 Å². The highest BCUT2D eigenvalue weighted by molar-refractivity contribution is 4.72. The Morgan fingerprint density at radius 3 is 2.00 bits per heavy atom. The third-order valence-corrected chi connectivity index (χ3v) is 2.49. The van der Waals surface area contributed by atoms with Gasteiger partial charge in [-0.3, -0.25) is 11.3 Å². The molecule has 2 nitrogen and oxygen atoms in total. The van der Waals surface area contributed by atoms with Crippen LogP contribution in [0.1, 0.15) is 39.5 Å². The van der Waals surface area contributed by atoms with Crippen molar-refractivity contribution in [3.8, 4) is 0 Å². The molecule has 0 spiro atoms. The van der Waals surface area contributed by atoms with Gasteiger partial charge in [-0.05, 0) is 12.3 Å². The van der Waals surface area contributed by atoms with Crippen LogP contribution >= 0.6 is 0 Å². The fourth-order valence-corrected chi connectivity index (χ4v) is 1.51. The van der Waals surface area contributed by atoms with E-state index < -0.39 is 18.6 Å². The normalized spacial score (nSPS) is 14.8. The van der Waals surface area contributed by atoms with Crippen molar-refractivity contribution in [3.63, 3.8) is 0 Å². The zero-order valence-corrected chi connectivity index (χ0v) is 8.69. The molecule has 0 aromatic rings. The molecule has 86 valence electrons. The minimum atomic E-state index is -4.14. The Labute approximate surface area is 83.0 Å². The Hall–Kier alpha value is -0.290. The number of halogens is 3. The molecule has 0 rings (SSSR count). The summed E-state index contributed by atoms with van der Waals surface area (Å²) in [5.74, 6) is 5.41. The van der Waals surface area contributed by atoms with Crippen molar-refractivity contribution in [2.45, 2.75) is 51.7 Å². The van der Waals surface area contributed by atoms with Gasteiger partial charge in [-0.2, -0.15) is 13.2 Å². The van der Waals surface area contributed by atoms with E-state index in [-0.39, 0.29) is 0 Å². The molecule has 0 bridgehead atoms. The van der Waals surface area contributed by atoms with Crippen LogP contribution in [-0.2, 0) is 0 Å². The molecule has 0 saturated heterocycles. The first-order valence-corrected chi connectivity index (χ1v) is 4.95. The molecule has 0 aromatic carbocycles. The molecule has 0 saturated carbocycles. The second-order valence-corrected chi connectivity index (χ2v) is 3.60. The van der Waals surface area contributed by atoms with Crippen molar-refractivity contribution in [1.82, 2.24) is 5.43 Å². The van der Waals surface area contributed by atoms with E-state index in [1.807, 2.05) is 13.8 Å². The summed E-state index contributed by atoms with van der Waals surface area (Å²) in [6.07, 6.45) is -2.70. The number of rotatable bonds is 6. The van der Waals surface area contributed by atoms with Gasteiger partial charge < -0.3 is 0 Å². The SMILES string of the molecule is CCC(CC)CC(CC(F)(F)F)NN. The zero-order valence-electron chi connectivity index (χ0n) is 8.69. The molecular weight excluding hydrogens is 193 g/mol. The summed E-state index contributed by atoms with van der Waals surface area (Å²) in [6.45, 7) is 3.96. The number of hydrazine groups is 1. The van der Waals surface area contributed by atoms with E-state index in [4.69, 9.17) is 5.84 Å². The summed E-state index contributed by atoms with van der Waals surface area (Å²) in [6, 6.07) is -0.653. The van der Waals surface area contributed by atoms with Crippen LogP contribution in [0, 0.1) is 5.92 Å². The lowest BCUT2D eigenvalue weighted by Gasteiger charge is -2.22. The van der Waals surface area contributed by atoms with Gasteiger partial charge in [-0.1, -0.05) is 26.7 Å². The monoisotopic (exact) mass is 212 g/mol. The first-order valence-electron chi connectivity index (χ1n) is 4.95. The Kier molecular flexibility index (Phi) is 6.11. The van der Waals surface area contributed by atoms with E-state index >= 15 is 0 Å². The van der Waals surface area contributed by atoms with Crippen LogP contribution in [0.4, 0.5) is 13.2 Å². The molecule has 0 aliphatic heterocycles. The largest absolute Gasteiger partial charge is 0.390 e. The minimum absolute atomic E-state index is 0.318. The third-order valence-electron chi connectivity index (χ3n) is 2.49. The van der Waals surface area contributed by atoms with Gasteiger partial charge >= 0.3 is 6.18 Å². The summed E-state index contributed by atoms with van der Waals surface area (Å²) in [7, 11) is 0. The lowest BCUT2D eigenvalue weighted by atomic mass is 9.93. The maximum Gasteiger partial charge on any atom is 0.390 e. The number of alkyl halides is 3. The molecule has 1 unspecified atom stereocenters. The average Bonchev–Trinajstić information content (AvgIpc) is 2.10. The minimum Gasteiger partial charge on any atom is -0.271 e. The Morgan fingerprint density at radius 1 is 1.21 bits per heavy atom. The summed E-state index contributed by atoms with van der Waals surface area (Å²) < 4.78 is 36.2.